The third-order valence-corrected chi connectivity index (χ3v) is 7.08. The highest BCUT2D eigenvalue weighted by atomic mass is 16.5. The van der Waals surface area contributed by atoms with Gasteiger partial charge in [0.25, 0.3) is 0 Å². The maximum Gasteiger partial charge on any atom is 0.122 e. The Morgan fingerprint density at radius 2 is 1.50 bits per heavy atom. The van der Waals surface area contributed by atoms with E-state index in [9.17, 15) is 5.11 Å². The molecule has 0 saturated heterocycles. The molecule has 32 heavy (non-hydrogen) atoms. The first-order valence-corrected chi connectivity index (χ1v) is 12.2. The Kier molecular flexibility index (Phi) is 9.36. The molecule has 1 atom stereocenters. The fourth-order valence-corrected chi connectivity index (χ4v) is 4.59. The van der Waals surface area contributed by atoms with Gasteiger partial charge in [-0.15, -0.1) is 0 Å². The Hall–Kier alpha value is -1.84. The average molecular weight is 441 g/mol. The first kappa shape index (κ1) is 26.4. The zero-order valence-corrected chi connectivity index (χ0v) is 21.3. The van der Waals surface area contributed by atoms with E-state index < -0.39 is 0 Å². The van der Waals surface area contributed by atoms with Crippen molar-refractivity contribution in [2.75, 3.05) is 13.2 Å². The van der Waals surface area contributed by atoms with Gasteiger partial charge >= 0.3 is 0 Å². The van der Waals surface area contributed by atoms with Crippen LogP contribution >= 0.6 is 0 Å². The molecule has 2 aromatic carbocycles. The van der Waals surface area contributed by atoms with E-state index >= 15 is 0 Å². The second-order valence-corrected chi connectivity index (χ2v) is 10.3. The highest BCUT2D eigenvalue weighted by Gasteiger charge is 2.31. The first-order chi connectivity index (χ1) is 15.1. The standard InChI is InChI=1S/C29H44O3/c1-8-29(9-2,25-14-15-26(22(4)20-25)32-18-10-17-30)24-13-11-23(21(3)19-24)12-16-27(31)28(5,6)7/h11,13-15,19-20,27,30-31H,8-10,12,16-18H2,1-7H3. The van der Waals surface area contributed by atoms with Crippen molar-refractivity contribution in [3.8, 4) is 5.75 Å². The normalized spacial score (nSPS) is 13.3. The molecule has 0 aliphatic rings. The number of hydrogen-bond acceptors (Lipinski definition) is 3. The number of ether oxygens (including phenoxy) is 1. The Labute approximate surface area is 195 Å². The molecule has 0 heterocycles. The number of hydrogen-bond donors (Lipinski definition) is 2. The molecule has 0 bridgehead atoms. The Balaban J connectivity index is 2.31. The van der Waals surface area contributed by atoms with E-state index in [4.69, 9.17) is 9.84 Å². The number of rotatable bonds is 11. The summed E-state index contributed by atoms with van der Waals surface area (Å²) in [6, 6.07) is 13.5. The van der Waals surface area contributed by atoms with Crippen molar-refractivity contribution >= 4 is 0 Å². The molecule has 3 nitrogen and oxygen atoms in total. The summed E-state index contributed by atoms with van der Waals surface area (Å²) in [6.45, 7) is 15.8. The van der Waals surface area contributed by atoms with Gasteiger partial charge in [-0.1, -0.05) is 65.0 Å². The molecule has 3 heteroatoms. The molecule has 0 aromatic heterocycles. The van der Waals surface area contributed by atoms with Crippen molar-refractivity contribution < 1.29 is 14.9 Å². The average Bonchev–Trinajstić information content (AvgIpc) is 2.75. The van der Waals surface area contributed by atoms with Crippen LogP contribution in [0.3, 0.4) is 0 Å². The Morgan fingerprint density at radius 1 is 0.906 bits per heavy atom. The zero-order chi connectivity index (χ0) is 23.9. The highest BCUT2D eigenvalue weighted by Crippen LogP contribution is 2.41. The van der Waals surface area contributed by atoms with Crippen LogP contribution in [0.1, 0.15) is 88.1 Å². The molecule has 0 amide bonds. The molecule has 0 saturated carbocycles. The van der Waals surface area contributed by atoms with Crippen LogP contribution in [0, 0.1) is 19.3 Å². The highest BCUT2D eigenvalue weighted by molar-refractivity contribution is 5.47. The van der Waals surface area contributed by atoms with Crippen LogP contribution in [0.2, 0.25) is 0 Å². The van der Waals surface area contributed by atoms with Crippen LogP contribution in [0.25, 0.3) is 0 Å². The van der Waals surface area contributed by atoms with Gasteiger partial charge in [0.05, 0.1) is 12.7 Å². The molecule has 2 aromatic rings. The molecule has 0 aliphatic heterocycles. The quantitative estimate of drug-likeness (QED) is 0.392. The third-order valence-electron chi connectivity index (χ3n) is 7.08. The number of aryl methyl sites for hydroxylation is 3. The van der Waals surface area contributed by atoms with E-state index in [2.05, 4.69) is 84.9 Å². The molecule has 0 aliphatic carbocycles. The zero-order valence-electron chi connectivity index (χ0n) is 21.3. The molecule has 1 unspecified atom stereocenters. The minimum atomic E-state index is -0.298. The number of aliphatic hydroxyl groups excluding tert-OH is 2. The summed E-state index contributed by atoms with van der Waals surface area (Å²) in [6.07, 6.45) is 4.08. The Morgan fingerprint density at radius 3 is 2.00 bits per heavy atom. The van der Waals surface area contributed by atoms with Gasteiger partial charge in [0.1, 0.15) is 5.75 Å². The van der Waals surface area contributed by atoms with E-state index in [-0.39, 0.29) is 23.5 Å². The lowest BCUT2D eigenvalue weighted by Crippen LogP contribution is -2.27. The van der Waals surface area contributed by atoms with Crippen molar-refractivity contribution in [1.82, 2.24) is 0 Å². The molecule has 0 radical (unpaired) electrons. The van der Waals surface area contributed by atoms with Gasteiger partial charge in [-0.2, -0.15) is 0 Å². The molecule has 2 N–H and O–H groups in total. The van der Waals surface area contributed by atoms with E-state index in [0.717, 1.165) is 37.0 Å². The van der Waals surface area contributed by atoms with Crippen molar-refractivity contribution in [1.29, 1.82) is 0 Å². The Bertz CT molecular complexity index is 859. The van der Waals surface area contributed by atoms with E-state index in [0.29, 0.717) is 13.0 Å². The van der Waals surface area contributed by atoms with Crippen molar-refractivity contribution in [3.05, 3.63) is 64.2 Å². The maximum absolute atomic E-state index is 10.4. The summed E-state index contributed by atoms with van der Waals surface area (Å²) in [5.74, 6) is 0.896. The lowest BCUT2D eigenvalue weighted by Gasteiger charge is -2.34. The first-order valence-electron chi connectivity index (χ1n) is 12.2. The van der Waals surface area contributed by atoms with Crippen LogP contribution < -0.4 is 4.74 Å². The minimum absolute atomic E-state index is 0.0391. The van der Waals surface area contributed by atoms with Crippen LogP contribution in [-0.2, 0) is 11.8 Å². The largest absolute Gasteiger partial charge is 0.493 e. The fourth-order valence-electron chi connectivity index (χ4n) is 4.59. The number of aliphatic hydroxyl groups is 2. The second kappa shape index (κ2) is 11.3. The lowest BCUT2D eigenvalue weighted by molar-refractivity contribution is 0.0560. The van der Waals surface area contributed by atoms with Gasteiger partial charge in [-0.05, 0) is 78.8 Å². The van der Waals surface area contributed by atoms with E-state index in [1.807, 2.05) is 0 Å². The predicted octanol–water partition coefficient (Wildman–Crippen LogP) is 6.51. The molecular formula is C29H44O3. The predicted molar refractivity (Wildman–Crippen MR) is 135 cm³/mol. The van der Waals surface area contributed by atoms with Crippen LogP contribution in [0.4, 0.5) is 0 Å². The summed E-state index contributed by atoms with van der Waals surface area (Å²) in [4.78, 5) is 0. The molecule has 0 spiro atoms. The third kappa shape index (κ3) is 6.14. The van der Waals surface area contributed by atoms with Gasteiger partial charge < -0.3 is 14.9 Å². The molecule has 0 fully saturated rings. The van der Waals surface area contributed by atoms with Crippen molar-refractivity contribution in [3.63, 3.8) is 0 Å². The minimum Gasteiger partial charge on any atom is -0.493 e. The summed E-state index contributed by atoms with van der Waals surface area (Å²) in [7, 11) is 0. The van der Waals surface area contributed by atoms with Crippen molar-refractivity contribution in [2.45, 2.75) is 92.1 Å². The summed E-state index contributed by atoms with van der Waals surface area (Å²) >= 11 is 0. The molecule has 178 valence electrons. The summed E-state index contributed by atoms with van der Waals surface area (Å²) in [5, 5.41) is 19.4. The number of benzene rings is 2. The van der Waals surface area contributed by atoms with Crippen LogP contribution in [0.5, 0.6) is 5.75 Å². The second-order valence-electron chi connectivity index (χ2n) is 10.3. The maximum atomic E-state index is 10.4. The van der Waals surface area contributed by atoms with Gasteiger partial charge in [-0.3, -0.25) is 0 Å². The SMILES string of the molecule is CCC(CC)(c1ccc(CCC(O)C(C)(C)C)c(C)c1)c1ccc(OCCCO)c(C)c1. The van der Waals surface area contributed by atoms with Crippen molar-refractivity contribution in [2.24, 2.45) is 5.41 Å². The van der Waals surface area contributed by atoms with Gasteiger partial charge in [-0.25, -0.2) is 0 Å². The van der Waals surface area contributed by atoms with E-state index in [1.54, 1.807) is 0 Å². The van der Waals surface area contributed by atoms with Crippen LogP contribution in [0.15, 0.2) is 36.4 Å². The van der Waals surface area contributed by atoms with Gasteiger partial charge in [0.15, 0.2) is 0 Å². The molecular weight excluding hydrogens is 396 g/mol. The van der Waals surface area contributed by atoms with Gasteiger partial charge in [0.2, 0.25) is 0 Å². The molecule has 2 rings (SSSR count). The monoisotopic (exact) mass is 440 g/mol. The summed E-state index contributed by atoms with van der Waals surface area (Å²) < 4.78 is 5.84. The van der Waals surface area contributed by atoms with E-state index in [1.165, 1.54) is 22.3 Å². The lowest BCUT2D eigenvalue weighted by atomic mass is 9.69. The fraction of sp³-hybridized carbons (Fsp3) is 0.586. The van der Waals surface area contributed by atoms with Crippen LogP contribution in [-0.4, -0.2) is 29.5 Å². The van der Waals surface area contributed by atoms with Gasteiger partial charge in [0, 0.05) is 18.4 Å². The summed E-state index contributed by atoms with van der Waals surface area (Å²) in [5.41, 5.74) is 6.31. The topological polar surface area (TPSA) is 49.7 Å². The smallest absolute Gasteiger partial charge is 0.122 e.